The summed E-state index contributed by atoms with van der Waals surface area (Å²) in [5, 5.41) is 2.81. The molecule has 1 amide bonds. The number of nitrogens with zero attached hydrogens (tertiary/aromatic N) is 3. The molecule has 2 N–H and O–H groups in total. The second-order valence-electron chi connectivity index (χ2n) is 7.67. The van der Waals surface area contributed by atoms with Gasteiger partial charge in [0.15, 0.2) is 0 Å². The molecule has 0 fully saturated rings. The van der Waals surface area contributed by atoms with Gasteiger partial charge in [0, 0.05) is 31.8 Å². The Balaban J connectivity index is 1.30. The number of carbonyl (C=O) groups is 1. The highest BCUT2D eigenvalue weighted by Crippen LogP contribution is 2.22. The molecule has 0 spiro atoms. The number of benzene rings is 2. The predicted octanol–water partition coefficient (Wildman–Crippen LogP) is 3.25. The van der Waals surface area contributed by atoms with Crippen molar-refractivity contribution < 1.29 is 14.3 Å². The summed E-state index contributed by atoms with van der Waals surface area (Å²) in [5.74, 6) is 2.35. The lowest BCUT2D eigenvalue weighted by Gasteiger charge is -2.07. The van der Waals surface area contributed by atoms with Crippen molar-refractivity contribution in [3.63, 3.8) is 0 Å². The summed E-state index contributed by atoms with van der Waals surface area (Å²) < 4.78 is 10.8. The van der Waals surface area contributed by atoms with Crippen LogP contribution < -0.4 is 10.1 Å². The van der Waals surface area contributed by atoms with Gasteiger partial charge in [-0.3, -0.25) is 4.79 Å². The summed E-state index contributed by atoms with van der Waals surface area (Å²) in [7, 11) is 1.61. The number of aryl methyl sites for hydroxylation is 1. The molecule has 2 aromatic carbocycles. The van der Waals surface area contributed by atoms with E-state index in [1.165, 1.54) is 0 Å². The number of ether oxygens (including phenoxy) is 2. The molecular formula is C25H27N5O3. The third kappa shape index (κ3) is 6.14. The molecule has 2 heterocycles. The monoisotopic (exact) mass is 445 g/mol. The molecule has 0 atom stereocenters. The van der Waals surface area contributed by atoms with Gasteiger partial charge < -0.3 is 19.8 Å². The topological polar surface area (TPSA) is 102 Å². The molecule has 0 radical (unpaired) electrons. The van der Waals surface area contributed by atoms with Gasteiger partial charge in [-0.1, -0.05) is 18.2 Å². The molecule has 0 aliphatic carbocycles. The molecule has 2 aromatic heterocycles. The number of methoxy groups -OCH3 is 1. The van der Waals surface area contributed by atoms with Gasteiger partial charge in [0.2, 0.25) is 5.91 Å². The Kier molecular flexibility index (Phi) is 7.26. The fourth-order valence-electron chi connectivity index (χ4n) is 3.47. The van der Waals surface area contributed by atoms with Crippen LogP contribution in [0.2, 0.25) is 0 Å². The average Bonchev–Trinajstić information content (AvgIpc) is 3.22. The summed E-state index contributed by atoms with van der Waals surface area (Å²) in [4.78, 5) is 28.5. The van der Waals surface area contributed by atoms with E-state index in [1.807, 2.05) is 49.4 Å². The van der Waals surface area contributed by atoms with Crippen LogP contribution in [0.5, 0.6) is 5.75 Å². The Labute approximate surface area is 192 Å². The van der Waals surface area contributed by atoms with E-state index >= 15 is 0 Å². The highest BCUT2D eigenvalue weighted by molar-refractivity contribution is 5.81. The first-order valence-corrected chi connectivity index (χ1v) is 10.9. The summed E-state index contributed by atoms with van der Waals surface area (Å²) in [5.41, 5.74) is 4.72. The third-order valence-electron chi connectivity index (χ3n) is 5.13. The highest BCUT2D eigenvalue weighted by atomic mass is 16.5. The lowest BCUT2D eigenvalue weighted by Crippen LogP contribution is -2.28. The van der Waals surface area contributed by atoms with Gasteiger partial charge in [0.05, 0.1) is 36.4 Å². The van der Waals surface area contributed by atoms with E-state index in [0.717, 1.165) is 45.3 Å². The molecule has 8 heteroatoms. The second-order valence-corrected chi connectivity index (χ2v) is 7.67. The van der Waals surface area contributed by atoms with Crippen LogP contribution in [0.4, 0.5) is 0 Å². The number of fused-ring (bicyclic) bond motifs is 1. The fraction of sp³-hybridized carbons (Fsp3) is 0.280. The van der Waals surface area contributed by atoms with E-state index in [2.05, 4.69) is 31.3 Å². The van der Waals surface area contributed by atoms with Gasteiger partial charge in [0.25, 0.3) is 0 Å². The number of amides is 1. The summed E-state index contributed by atoms with van der Waals surface area (Å²) in [6.07, 6.45) is 2.75. The number of nitrogens with one attached hydrogen (secondary N) is 2. The number of hydrogen-bond acceptors (Lipinski definition) is 6. The van der Waals surface area contributed by atoms with Gasteiger partial charge in [-0.05, 0) is 42.8 Å². The summed E-state index contributed by atoms with van der Waals surface area (Å²) in [6.45, 7) is 3.40. The van der Waals surface area contributed by atoms with Crippen LogP contribution in [0, 0.1) is 6.92 Å². The summed E-state index contributed by atoms with van der Waals surface area (Å²) >= 11 is 0. The van der Waals surface area contributed by atoms with Crippen molar-refractivity contribution in [2.24, 2.45) is 0 Å². The maximum atomic E-state index is 11.9. The van der Waals surface area contributed by atoms with Crippen molar-refractivity contribution in [3.05, 3.63) is 71.9 Å². The number of hydrogen-bond donors (Lipinski definition) is 2. The molecule has 0 aliphatic rings. The number of H-pyrrole nitrogens is 1. The molecule has 33 heavy (non-hydrogen) atoms. The largest absolute Gasteiger partial charge is 0.493 e. The number of aromatic amines is 1. The molecule has 0 saturated heterocycles. The molecular weight excluding hydrogens is 418 g/mol. The van der Waals surface area contributed by atoms with Crippen LogP contribution in [0.15, 0.2) is 54.7 Å². The van der Waals surface area contributed by atoms with Crippen molar-refractivity contribution in [2.75, 3.05) is 26.9 Å². The van der Waals surface area contributed by atoms with Crippen molar-refractivity contribution >= 4 is 16.9 Å². The van der Waals surface area contributed by atoms with E-state index in [9.17, 15) is 4.79 Å². The van der Waals surface area contributed by atoms with Crippen LogP contribution >= 0.6 is 0 Å². The molecule has 170 valence electrons. The van der Waals surface area contributed by atoms with Crippen molar-refractivity contribution in [1.29, 1.82) is 0 Å². The Bertz CT molecular complexity index is 1220. The maximum Gasteiger partial charge on any atom is 0.224 e. The highest BCUT2D eigenvalue weighted by Gasteiger charge is 2.07. The average molecular weight is 446 g/mol. The molecule has 4 rings (SSSR count). The Hall–Kier alpha value is -3.78. The lowest BCUT2D eigenvalue weighted by atomic mass is 10.1. The van der Waals surface area contributed by atoms with Gasteiger partial charge >= 0.3 is 0 Å². The predicted molar refractivity (Wildman–Crippen MR) is 126 cm³/mol. The Morgan fingerprint density at radius 1 is 1.06 bits per heavy atom. The third-order valence-corrected chi connectivity index (χ3v) is 5.13. The number of rotatable bonds is 10. The van der Waals surface area contributed by atoms with Crippen LogP contribution in [-0.2, 0) is 22.4 Å². The van der Waals surface area contributed by atoms with Crippen molar-refractivity contribution in [2.45, 2.75) is 19.8 Å². The maximum absolute atomic E-state index is 11.9. The van der Waals surface area contributed by atoms with E-state index in [0.29, 0.717) is 32.6 Å². The SMILES string of the molecule is COCCNC(=O)Cc1ccc(OCCc2nc3ccc(-c4ccnc(C)n4)cc3[nH]2)cc1. The van der Waals surface area contributed by atoms with Gasteiger partial charge in [-0.25, -0.2) is 15.0 Å². The van der Waals surface area contributed by atoms with Crippen LogP contribution in [0.25, 0.3) is 22.3 Å². The van der Waals surface area contributed by atoms with Gasteiger partial charge in [-0.2, -0.15) is 0 Å². The standard InChI is InChI=1S/C25H27N5O3/c1-17-26-11-9-21(28-17)19-5-8-22-23(16-19)30-24(29-22)10-13-33-20-6-3-18(4-7-20)15-25(31)27-12-14-32-2/h3-9,11,16H,10,12-15H2,1-2H3,(H,27,31)(H,29,30). The van der Waals surface area contributed by atoms with E-state index in [4.69, 9.17) is 9.47 Å². The molecule has 0 bridgehead atoms. The van der Waals surface area contributed by atoms with E-state index < -0.39 is 0 Å². The fourth-order valence-corrected chi connectivity index (χ4v) is 3.47. The Morgan fingerprint density at radius 3 is 2.70 bits per heavy atom. The first-order chi connectivity index (χ1) is 16.1. The second kappa shape index (κ2) is 10.7. The number of imidazole rings is 1. The molecule has 4 aromatic rings. The number of aromatic nitrogens is 4. The summed E-state index contributed by atoms with van der Waals surface area (Å²) in [6, 6.07) is 15.5. The minimum atomic E-state index is -0.0244. The smallest absolute Gasteiger partial charge is 0.224 e. The minimum absolute atomic E-state index is 0.0244. The first-order valence-electron chi connectivity index (χ1n) is 10.9. The first kappa shape index (κ1) is 22.4. The molecule has 0 saturated carbocycles. The van der Waals surface area contributed by atoms with Gasteiger partial charge in [0.1, 0.15) is 17.4 Å². The molecule has 8 nitrogen and oxygen atoms in total. The quantitative estimate of drug-likeness (QED) is 0.363. The number of carbonyl (C=O) groups excluding carboxylic acids is 1. The Morgan fingerprint density at radius 2 is 1.91 bits per heavy atom. The van der Waals surface area contributed by atoms with Crippen molar-refractivity contribution in [3.8, 4) is 17.0 Å². The zero-order valence-corrected chi connectivity index (χ0v) is 18.8. The zero-order valence-electron chi connectivity index (χ0n) is 18.8. The van der Waals surface area contributed by atoms with Crippen LogP contribution in [0.3, 0.4) is 0 Å². The van der Waals surface area contributed by atoms with Crippen LogP contribution in [0.1, 0.15) is 17.2 Å². The molecule has 0 aliphatic heterocycles. The normalized spacial score (nSPS) is 11.0. The zero-order chi connectivity index (χ0) is 23.0. The molecule has 0 unspecified atom stereocenters. The van der Waals surface area contributed by atoms with Gasteiger partial charge in [-0.15, -0.1) is 0 Å². The van der Waals surface area contributed by atoms with E-state index in [-0.39, 0.29) is 5.91 Å². The van der Waals surface area contributed by atoms with Crippen LogP contribution in [-0.4, -0.2) is 52.7 Å². The minimum Gasteiger partial charge on any atom is -0.493 e. The van der Waals surface area contributed by atoms with Crippen molar-refractivity contribution in [1.82, 2.24) is 25.3 Å². The lowest BCUT2D eigenvalue weighted by molar-refractivity contribution is -0.120. The van der Waals surface area contributed by atoms with E-state index in [1.54, 1.807) is 13.3 Å².